The van der Waals surface area contributed by atoms with E-state index in [1.165, 1.54) is 38.3 Å². The van der Waals surface area contributed by atoms with Crippen LogP contribution in [0.25, 0.3) is 6.08 Å². The van der Waals surface area contributed by atoms with Crippen molar-refractivity contribution in [2.75, 3.05) is 24.9 Å². The molecule has 42 heavy (non-hydrogen) atoms. The number of thioether (sulfide) groups is 1. The summed E-state index contributed by atoms with van der Waals surface area (Å²) in [6.07, 6.45) is 2.92. The first-order valence-corrected chi connectivity index (χ1v) is 13.9. The highest BCUT2D eigenvalue weighted by molar-refractivity contribution is 8.00. The predicted octanol–water partition coefficient (Wildman–Crippen LogP) is 6.48. The standard InChI is InChI=1S/C31H28ClN3O6S/c1-19(29(36)34-25-17-24(32)27(39-2)18-28(25)40-3)42-23-13-7-11-21(15-23)33-31(38)26(16-22-12-8-14-41-22)35-30(37)20-9-5-4-6-10-20/h4-19H,1-3H3,(H,33,38)(H,34,36)(H,35,37)/b26-16-. The number of amides is 3. The molecule has 3 N–H and O–H groups in total. The molecule has 1 heterocycles. The van der Waals surface area contributed by atoms with Crippen LogP contribution in [0.4, 0.5) is 11.4 Å². The van der Waals surface area contributed by atoms with Crippen LogP contribution >= 0.6 is 23.4 Å². The lowest BCUT2D eigenvalue weighted by Crippen LogP contribution is -2.30. The van der Waals surface area contributed by atoms with E-state index in [-0.39, 0.29) is 11.6 Å². The molecule has 9 nitrogen and oxygen atoms in total. The lowest BCUT2D eigenvalue weighted by atomic mass is 10.2. The summed E-state index contributed by atoms with van der Waals surface area (Å²) in [5.74, 6) is -0.0397. The topological polar surface area (TPSA) is 119 Å². The average Bonchev–Trinajstić information content (AvgIpc) is 3.50. The average molecular weight is 606 g/mol. The molecule has 0 radical (unpaired) electrons. The van der Waals surface area contributed by atoms with Crippen molar-refractivity contribution < 1.29 is 28.3 Å². The zero-order chi connectivity index (χ0) is 30.1. The van der Waals surface area contributed by atoms with E-state index in [4.69, 9.17) is 25.5 Å². The van der Waals surface area contributed by atoms with Crippen LogP contribution in [-0.4, -0.2) is 37.2 Å². The summed E-state index contributed by atoms with van der Waals surface area (Å²) in [5, 5.41) is 8.12. The van der Waals surface area contributed by atoms with E-state index < -0.39 is 17.1 Å². The van der Waals surface area contributed by atoms with Crippen molar-refractivity contribution in [2.24, 2.45) is 0 Å². The van der Waals surface area contributed by atoms with E-state index in [1.54, 1.807) is 79.7 Å². The molecule has 4 aromatic rings. The number of rotatable bonds is 11. The molecule has 11 heteroatoms. The fourth-order valence-corrected chi connectivity index (χ4v) is 4.92. The Hall–Kier alpha value is -4.67. The SMILES string of the molecule is COc1cc(OC)c(NC(=O)C(C)Sc2cccc(NC(=O)/C(=C/c3ccco3)NC(=O)c3ccccc3)c2)cc1Cl. The van der Waals surface area contributed by atoms with E-state index >= 15 is 0 Å². The number of hydrogen-bond donors (Lipinski definition) is 3. The number of carbonyl (C=O) groups excluding carboxylic acids is 3. The number of halogens is 1. The minimum absolute atomic E-state index is 0.00305. The Morgan fingerprint density at radius 1 is 0.905 bits per heavy atom. The molecule has 1 atom stereocenters. The number of anilines is 2. The van der Waals surface area contributed by atoms with E-state index in [9.17, 15) is 14.4 Å². The quantitative estimate of drug-likeness (QED) is 0.132. The molecular formula is C31H28ClN3O6S. The lowest BCUT2D eigenvalue weighted by Gasteiger charge is -2.16. The molecule has 0 spiro atoms. The van der Waals surface area contributed by atoms with Gasteiger partial charge in [0.15, 0.2) is 0 Å². The monoisotopic (exact) mass is 605 g/mol. The normalized spacial score (nSPS) is 11.8. The molecule has 0 aliphatic rings. The zero-order valence-corrected chi connectivity index (χ0v) is 24.5. The Morgan fingerprint density at radius 2 is 1.67 bits per heavy atom. The van der Waals surface area contributed by atoms with Crippen molar-refractivity contribution in [1.29, 1.82) is 0 Å². The largest absolute Gasteiger partial charge is 0.495 e. The van der Waals surface area contributed by atoms with Gasteiger partial charge in [-0.2, -0.15) is 0 Å². The van der Waals surface area contributed by atoms with E-state index in [1.807, 2.05) is 6.07 Å². The second-order valence-electron chi connectivity index (χ2n) is 8.81. The van der Waals surface area contributed by atoms with Crippen LogP contribution in [0.2, 0.25) is 5.02 Å². The molecule has 1 aromatic heterocycles. The first kappa shape index (κ1) is 30.3. The summed E-state index contributed by atoms with van der Waals surface area (Å²) < 4.78 is 15.9. The highest BCUT2D eigenvalue weighted by atomic mass is 35.5. The van der Waals surface area contributed by atoms with Crippen molar-refractivity contribution in [1.82, 2.24) is 5.32 Å². The Kier molecular flexibility index (Phi) is 10.3. The molecular weight excluding hydrogens is 578 g/mol. The molecule has 3 aromatic carbocycles. The van der Waals surface area contributed by atoms with Crippen molar-refractivity contribution in [2.45, 2.75) is 17.1 Å². The summed E-state index contributed by atoms with van der Waals surface area (Å²) in [6.45, 7) is 1.76. The highest BCUT2D eigenvalue weighted by Gasteiger charge is 2.19. The maximum absolute atomic E-state index is 13.2. The van der Waals surface area contributed by atoms with Crippen molar-refractivity contribution in [3.05, 3.63) is 107 Å². The first-order chi connectivity index (χ1) is 20.3. The summed E-state index contributed by atoms with van der Waals surface area (Å²) in [5.41, 5.74) is 1.28. The smallest absolute Gasteiger partial charge is 0.272 e. The van der Waals surface area contributed by atoms with Gasteiger partial charge in [-0.1, -0.05) is 35.9 Å². The maximum Gasteiger partial charge on any atom is 0.272 e. The van der Waals surface area contributed by atoms with E-state index in [0.717, 1.165) is 4.90 Å². The molecule has 0 aliphatic carbocycles. The number of ether oxygens (including phenoxy) is 2. The molecule has 0 fully saturated rings. The van der Waals surface area contributed by atoms with Gasteiger partial charge in [0.1, 0.15) is 23.0 Å². The Morgan fingerprint density at radius 3 is 2.36 bits per heavy atom. The molecule has 0 saturated heterocycles. The van der Waals surface area contributed by atoms with Crippen LogP contribution in [0.15, 0.2) is 100 Å². The number of hydrogen-bond acceptors (Lipinski definition) is 7. The van der Waals surface area contributed by atoms with Crippen LogP contribution in [0.1, 0.15) is 23.0 Å². The van der Waals surface area contributed by atoms with Gasteiger partial charge in [-0.15, -0.1) is 11.8 Å². The van der Waals surface area contributed by atoms with Gasteiger partial charge in [-0.25, -0.2) is 0 Å². The number of benzene rings is 3. The van der Waals surface area contributed by atoms with Gasteiger partial charge in [0.2, 0.25) is 5.91 Å². The van der Waals surface area contributed by atoms with Gasteiger partial charge in [-0.05, 0) is 55.5 Å². The van der Waals surface area contributed by atoms with Crippen molar-refractivity contribution in [3.8, 4) is 11.5 Å². The third-order valence-electron chi connectivity index (χ3n) is 5.86. The predicted molar refractivity (Wildman–Crippen MR) is 164 cm³/mol. The molecule has 0 bridgehead atoms. The molecule has 1 unspecified atom stereocenters. The molecule has 0 saturated carbocycles. The van der Waals surface area contributed by atoms with Gasteiger partial charge in [0.25, 0.3) is 11.8 Å². The third kappa shape index (κ3) is 7.96. The van der Waals surface area contributed by atoms with Gasteiger partial charge >= 0.3 is 0 Å². The molecule has 3 amide bonds. The Balaban J connectivity index is 1.45. The molecule has 216 valence electrons. The Labute approximate surface area is 252 Å². The number of carbonyl (C=O) groups is 3. The fourth-order valence-electron chi connectivity index (χ4n) is 3.75. The number of nitrogens with one attached hydrogen (secondary N) is 3. The maximum atomic E-state index is 13.2. The third-order valence-corrected chi connectivity index (χ3v) is 7.25. The highest BCUT2D eigenvalue weighted by Crippen LogP contribution is 2.36. The van der Waals surface area contributed by atoms with Crippen molar-refractivity contribution >= 4 is 58.5 Å². The van der Waals surface area contributed by atoms with Gasteiger partial charge in [0, 0.05) is 28.3 Å². The number of furan rings is 1. The second-order valence-corrected chi connectivity index (χ2v) is 10.6. The summed E-state index contributed by atoms with van der Waals surface area (Å²) in [6, 6.07) is 22.1. The number of methoxy groups -OCH3 is 2. The summed E-state index contributed by atoms with van der Waals surface area (Å²) in [4.78, 5) is 39.7. The molecule has 4 rings (SSSR count). The van der Waals surface area contributed by atoms with Gasteiger partial charge in [-0.3, -0.25) is 14.4 Å². The van der Waals surface area contributed by atoms with Crippen LogP contribution in [-0.2, 0) is 9.59 Å². The Bertz CT molecular complexity index is 1590. The minimum Gasteiger partial charge on any atom is -0.495 e. The fraction of sp³-hybridized carbons (Fsp3) is 0.129. The minimum atomic E-state index is -0.549. The second kappa shape index (κ2) is 14.3. The van der Waals surface area contributed by atoms with Crippen LogP contribution in [0.3, 0.4) is 0 Å². The van der Waals surface area contributed by atoms with Crippen LogP contribution in [0.5, 0.6) is 11.5 Å². The zero-order valence-electron chi connectivity index (χ0n) is 23.0. The van der Waals surface area contributed by atoms with Crippen LogP contribution in [0, 0.1) is 0 Å². The first-order valence-electron chi connectivity index (χ1n) is 12.7. The van der Waals surface area contributed by atoms with E-state index in [0.29, 0.717) is 39.2 Å². The van der Waals surface area contributed by atoms with Crippen molar-refractivity contribution in [3.63, 3.8) is 0 Å². The van der Waals surface area contributed by atoms with Gasteiger partial charge in [0.05, 0.1) is 36.4 Å². The van der Waals surface area contributed by atoms with Crippen LogP contribution < -0.4 is 25.4 Å². The summed E-state index contributed by atoms with van der Waals surface area (Å²) >= 11 is 7.52. The summed E-state index contributed by atoms with van der Waals surface area (Å²) in [7, 11) is 2.98. The van der Waals surface area contributed by atoms with Gasteiger partial charge < -0.3 is 29.8 Å². The van der Waals surface area contributed by atoms with E-state index in [2.05, 4.69) is 16.0 Å². The lowest BCUT2D eigenvalue weighted by molar-refractivity contribution is -0.115. The molecule has 0 aliphatic heterocycles.